The van der Waals surface area contributed by atoms with Gasteiger partial charge >= 0.3 is 7.60 Å². The Bertz CT molecular complexity index is 603. The molecule has 1 rings (SSSR count). The van der Waals surface area contributed by atoms with Gasteiger partial charge in [0, 0.05) is 14.2 Å². The van der Waals surface area contributed by atoms with E-state index in [-0.39, 0.29) is 26.4 Å². The van der Waals surface area contributed by atoms with E-state index < -0.39 is 7.60 Å². The van der Waals surface area contributed by atoms with Crippen LogP contribution in [0.4, 0.5) is 0 Å². The zero-order chi connectivity index (χ0) is 21.4. The van der Waals surface area contributed by atoms with Gasteiger partial charge < -0.3 is 32.9 Å². The first kappa shape index (κ1) is 25.8. The van der Waals surface area contributed by atoms with Crippen molar-refractivity contribution in [2.24, 2.45) is 5.90 Å². The van der Waals surface area contributed by atoms with Gasteiger partial charge in [-0.2, -0.15) is 0 Å². The van der Waals surface area contributed by atoms with E-state index in [2.05, 4.69) is 4.62 Å². The molecule has 10 nitrogen and oxygen atoms in total. The monoisotopic (exact) mass is 437 g/mol. The van der Waals surface area contributed by atoms with E-state index in [1.807, 2.05) is 6.07 Å². The second kappa shape index (κ2) is 15.6. The summed E-state index contributed by atoms with van der Waals surface area (Å²) < 4.78 is 53.8. The summed E-state index contributed by atoms with van der Waals surface area (Å²) in [4.78, 5) is 0. The first-order chi connectivity index (χ1) is 14.1. The molecule has 0 aliphatic rings. The molecule has 0 aromatic heterocycles. The van der Waals surface area contributed by atoms with Crippen LogP contribution in [0.25, 0.3) is 0 Å². The largest absolute Gasteiger partial charge is 0.464 e. The Labute approximate surface area is 171 Å². The molecule has 0 amide bonds. The van der Waals surface area contributed by atoms with Crippen LogP contribution in [0.15, 0.2) is 18.2 Å². The van der Waals surface area contributed by atoms with Gasteiger partial charge in [0.25, 0.3) is 0 Å². The maximum Gasteiger partial charge on any atom is 0.347 e. The summed E-state index contributed by atoms with van der Waals surface area (Å²) in [5, 5.41) is 0. The van der Waals surface area contributed by atoms with Crippen LogP contribution in [0, 0.1) is 0 Å². The summed E-state index contributed by atoms with van der Waals surface area (Å²) >= 11 is 0. The quantitative estimate of drug-likeness (QED) is 0.159. The standard InChI is InChI=1S/C18H32NO9P/c1-4-27-29(20,28-19)12-7-16-5-6-17(25-14-23-10-8-21-2)18(13-16)26-15-24-11-9-22-3/h5-6,13H,4,7-12,14-15,19H2,1-3H3. The van der Waals surface area contributed by atoms with Crippen molar-refractivity contribution < 1.29 is 42.1 Å². The number of benzene rings is 1. The second-order valence-corrected chi connectivity index (χ2v) is 7.85. The molecule has 0 aliphatic heterocycles. The van der Waals surface area contributed by atoms with E-state index >= 15 is 0 Å². The Balaban J connectivity index is 2.72. The van der Waals surface area contributed by atoms with Crippen LogP contribution in [-0.2, 0) is 39.1 Å². The molecule has 1 aromatic rings. The number of nitrogens with two attached hydrogens (primary N) is 1. The van der Waals surface area contributed by atoms with E-state index in [0.717, 1.165) is 5.56 Å². The highest BCUT2D eigenvalue weighted by Gasteiger charge is 2.23. The Hall–Kier alpha value is -1.23. The number of rotatable bonds is 18. The molecule has 0 fully saturated rings. The second-order valence-electron chi connectivity index (χ2n) is 5.72. The first-order valence-corrected chi connectivity index (χ1v) is 10.9. The van der Waals surface area contributed by atoms with Crippen LogP contribution in [0.1, 0.15) is 12.5 Å². The lowest BCUT2D eigenvalue weighted by Crippen LogP contribution is -2.11. The number of hydrogen-bond donors (Lipinski definition) is 1. The Morgan fingerprint density at radius 2 is 1.55 bits per heavy atom. The molecule has 0 spiro atoms. The molecule has 0 aliphatic carbocycles. The van der Waals surface area contributed by atoms with E-state index in [1.165, 1.54) is 0 Å². The number of methoxy groups -OCH3 is 2. The highest BCUT2D eigenvalue weighted by atomic mass is 31.2. The van der Waals surface area contributed by atoms with Crippen LogP contribution < -0.4 is 15.4 Å². The molecule has 0 saturated heterocycles. The van der Waals surface area contributed by atoms with Crippen LogP contribution in [0.5, 0.6) is 11.5 Å². The highest BCUT2D eigenvalue weighted by Crippen LogP contribution is 2.46. The van der Waals surface area contributed by atoms with Gasteiger partial charge in [0.2, 0.25) is 0 Å². The fraction of sp³-hybridized carbons (Fsp3) is 0.667. The summed E-state index contributed by atoms with van der Waals surface area (Å²) in [6.07, 6.45) is 0.557. The summed E-state index contributed by atoms with van der Waals surface area (Å²) in [5.41, 5.74) is 0.849. The fourth-order valence-electron chi connectivity index (χ4n) is 2.16. The zero-order valence-corrected chi connectivity index (χ0v) is 18.2. The minimum atomic E-state index is -3.32. The van der Waals surface area contributed by atoms with Gasteiger partial charge in [-0.3, -0.25) is 4.57 Å². The van der Waals surface area contributed by atoms with E-state index in [1.54, 1.807) is 33.3 Å². The summed E-state index contributed by atoms with van der Waals surface area (Å²) in [7, 11) is -0.131. The number of aryl methyl sites for hydroxylation is 1. The van der Waals surface area contributed by atoms with E-state index in [9.17, 15) is 4.57 Å². The van der Waals surface area contributed by atoms with Crippen molar-refractivity contribution in [3.05, 3.63) is 23.8 Å². The van der Waals surface area contributed by atoms with Gasteiger partial charge in [-0.15, -0.1) is 0 Å². The summed E-state index contributed by atoms with van der Waals surface area (Å²) in [6, 6.07) is 5.35. The Kier molecular flexibility index (Phi) is 13.9. The van der Waals surface area contributed by atoms with Crippen molar-refractivity contribution in [1.29, 1.82) is 0 Å². The summed E-state index contributed by atoms with van der Waals surface area (Å²) in [5.74, 6) is 6.08. The van der Waals surface area contributed by atoms with Crippen molar-refractivity contribution in [3.8, 4) is 11.5 Å². The maximum atomic E-state index is 12.3. The van der Waals surface area contributed by atoms with Crippen molar-refractivity contribution in [1.82, 2.24) is 0 Å². The Morgan fingerprint density at radius 1 is 0.931 bits per heavy atom. The van der Waals surface area contributed by atoms with Crippen molar-refractivity contribution in [2.45, 2.75) is 13.3 Å². The van der Waals surface area contributed by atoms with E-state index in [4.69, 9.17) is 38.8 Å². The number of ether oxygens (including phenoxy) is 6. The van der Waals surface area contributed by atoms with Gasteiger partial charge in [0.1, 0.15) is 0 Å². The predicted molar refractivity (Wildman–Crippen MR) is 106 cm³/mol. The average Bonchev–Trinajstić information content (AvgIpc) is 2.73. The highest BCUT2D eigenvalue weighted by molar-refractivity contribution is 7.53. The molecule has 2 N–H and O–H groups in total. The third-order valence-electron chi connectivity index (χ3n) is 3.63. The molecule has 168 valence electrons. The third kappa shape index (κ3) is 10.9. The minimum absolute atomic E-state index is 0.0249. The molecule has 1 atom stereocenters. The molecule has 0 heterocycles. The molecule has 11 heteroatoms. The normalized spacial score (nSPS) is 13.2. The molecule has 1 unspecified atom stereocenters. The minimum Gasteiger partial charge on any atom is -0.464 e. The first-order valence-electron chi connectivity index (χ1n) is 9.22. The third-order valence-corrected chi connectivity index (χ3v) is 5.37. The molecule has 29 heavy (non-hydrogen) atoms. The lowest BCUT2D eigenvalue weighted by atomic mass is 10.1. The van der Waals surface area contributed by atoms with Crippen molar-refractivity contribution in [2.75, 3.05) is 67.0 Å². The van der Waals surface area contributed by atoms with Gasteiger partial charge in [-0.1, -0.05) is 6.07 Å². The average molecular weight is 437 g/mol. The van der Waals surface area contributed by atoms with Crippen molar-refractivity contribution in [3.63, 3.8) is 0 Å². The van der Waals surface area contributed by atoms with Gasteiger partial charge in [0.05, 0.1) is 39.2 Å². The maximum absolute atomic E-state index is 12.3. The van der Waals surface area contributed by atoms with Crippen LogP contribution in [-0.4, -0.2) is 67.0 Å². The topological polar surface area (TPSA) is 117 Å². The number of hydrogen-bond acceptors (Lipinski definition) is 10. The van der Waals surface area contributed by atoms with Gasteiger partial charge in [-0.05, 0) is 31.0 Å². The molecular formula is C18H32NO9P. The SMILES string of the molecule is CCOP(=O)(CCc1ccc(OCOCCOC)c(OCOCCOC)c1)ON. The lowest BCUT2D eigenvalue weighted by Gasteiger charge is -2.16. The predicted octanol–water partition coefficient (Wildman–Crippen LogP) is 2.35. The Morgan fingerprint density at radius 3 is 2.10 bits per heavy atom. The smallest absolute Gasteiger partial charge is 0.347 e. The molecular weight excluding hydrogens is 405 g/mol. The van der Waals surface area contributed by atoms with E-state index in [0.29, 0.717) is 44.3 Å². The van der Waals surface area contributed by atoms with Crippen molar-refractivity contribution >= 4 is 7.60 Å². The molecule has 0 bridgehead atoms. The van der Waals surface area contributed by atoms with Crippen LogP contribution in [0.3, 0.4) is 0 Å². The van der Waals surface area contributed by atoms with Crippen LogP contribution >= 0.6 is 7.60 Å². The zero-order valence-electron chi connectivity index (χ0n) is 17.3. The molecule has 0 saturated carbocycles. The summed E-state index contributed by atoms with van der Waals surface area (Å²) in [6.45, 7) is 3.79. The lowest BCUT2D eigenvalue weighted by molar-refractivity contribution is -0.0207. The molecule has 0 radical (unpaired) electrons. The van der Waals surface area contributed by atoms with Gasteiger partial charge in [0.15, 0.2) is 25.1 Å². The fourth-order valence-corrected chi connectivity index (χ4v) is 3.38. The van der Waals surface area contributed by atoms with Crippen LogP contribution in [0.2, 0.25) is 0 Å². The molecule has 1 aromatic carbocycles. The van der Waals surface area contributed by atoms with Gasteiger partial charge in [-0.25, -0.2) is 10.5 Å².